The molecule has 8 heteroatoms. The van der Waals surface area contributed by atoms with Crippen LogP contribution in [-0.4, -0.2) is 31.9 Å². The molecule has 3 heterocycles. The van der Waals surface area contributed by atoms with E-state index in [9.17, 15) is 9.18 Å². The number of amides is 1. The maximum Gasteiger partial charge on any atom is 0.249 e. The van der Waals surface area contributed by atoms with E-state index in [1.165, 1.54) is 31.5 Å². The third kappa shape index (κ3) is 4.11. The highest BCUT2D eigenvalue weighted by Crippen LogP contribution is 2.76. The number of hydrogen-bond donors (Lipinski definition) is 0. The topological polar surface area (TPSA) is 87.2 Å². The molecule has 1 amide bonds. The van der Waals surface area contributed by atoms with Gasteiger partial charge in [-0.25, -0.2) is 9.40 Å². The summed E-state index contributed by atoms with van der Waals surface area (Å²) in [6.45, 7) is 2.96. The average molecular weight is 499 g/mol. The fourth-order valence-electron chi connectivity index (χ4n) is 6.89. The van der Waals surface area contributed by atoms with E-state index in [0.717, 1.165) is 55.2 Å². The zero-order valence-electron chi connectivity index (χ0n) is 21.2. The van der Waals surface area contributed by atoms with Crippen molar-refractivity contribution in [2.75, 3.05) is 0 Å². The van der Waals surface area contributed by atoms with Crippen LogP contribution < -0.4 is 0 Å². The minimum absolute atomic E-state index is 0.0984. The van der Waals surface area contributed by atoms with Gasteiger partial charge in [0.1, 0.15) is 5.82 Å². The molecule has 0 saturated heterocycles. The number of benzene rings is 1. The first-order valence-electron chi connectivity index (χ1n) is 13.3. The lowest BCUT2D eigenvalue weighted by atomic mass is 9.33. The molecule has 0 radical (unpaired) electrons. The number of carbonyl (C=O) groups is 1. The number of pyridine rings is 1. The summed E-state index contributed by atoms with van der Waals surface area (Å²) < 4.78 is 15.7. The van der Waals surface area contributed by atoms with Crippen LogP contribution in [0.25, 0.3) is 10.9 Å². The molecule has 7 rings (SSSR count). The summed E-state index contributed by atoms with van der Waals surface area (Å²) in [5, 5.41) is 20.8. The van der Waals surface area contributed by atoms with E-state index in [2.05, 4.69) is 27.8 Å². The molecule has 7 nitrogen and oxygen atoms in total. The van der Waals surface area contributed by atoms with Crippen molar-refractivity contribution in [3.05, 3.63) is 59.3 Å². The molecule has 2 bridgehead atoms. The van der Waals surface area contributed by atoms with Crippen molar-refractivity contribution in [1.82, 2.24) is 19.8 Å². The van der Waals surface area contributed by atoms with Gasteiger partial charge in [-0.3, -0.25) is 14.5 Å². The van der Waals surface area contributed by atoms with E-state index in [0.29, 0.717) is 23.0 Å². The van der Waals surface area contributed by atoms with Gasteiger partial charge >= 0.3 is 0 Å². The highest BCUT2D eigenvalue weighted by Gasteiger charge is 2.71. The number of aromatic nitrogens is 3. The molecule has 190 valence electrons. The Hall–Kier alpha value is -3.60. The van der Waals surface area contributed by atoms with Gasteiger partial charge in [0, 0.05) is 36.5 Å². The standard InChI is InChI=1S/C29H31FN6O/c1-20-24-12-21(14-31)6-7-25(24)34-35(20)11-5-3-2-4-9-28-17-29(18-28,19-28)27(37)36-26(8-10-33-36)22-13-23(30)16-32-15-22/h6-7,10,12-13,15-16,26H,2-5,8-9,11,17-19H2,1H3. The van der Waals surface area contributed by atoms with Gasteiger partial charge in [-0.15, -0.1) is 0 Å². The lowest BCUT2D eigenvalue weighted by Crippen LogP contribution is -2.67. The Labute approximate surface area is 216 Å². The van der Waals surface area contributed by atoms with E-state index in [-0.39, 0.29) is 23.2 Å². The molecule has 0 N–H and O–H groups in total. The van der Waals surface area contributed by atoms with Crippen LogP contribution in [0.15, 0.2) is 41.8 Å². The Morgan fingerprint density at radius 3 is 2.76 bits per heavy atom. The fourth-order valence-corrected chi connectivity index (χ4v) is 6.89. The Morgan fingerprint density at radius 1 is 1.16 bits per heavy atom. The second-order valence-electron chi connectivity index (χ2n) is 11.3. The number of carbonyl (C=O) groups excluding carboxylic acids is 1. The second kappa shape index (κ2) is 9.05. The van der Waals surface area contributed by atoms with Crippen LogP contribution in [0.2, 0.25) is 0 Å². The summed E-state index contributed by atoms with van der Waals surface area (Å²) in [6.07, 6.45) is 13.9. The minimum atomic E-state index is -0.386. The lowest BCUT2D eigenvalue weighted by Gasteiger charge is -2.70. The molecular formula is C29H31FN6O. The Balaban J connectivity index is 0.943. The maximum absolute atomic E-state index is 13.7. The number of rotatable bonds is 9. The summed E-state index contributed by atoms with van der Waals surface area (Å²) in [4.78, 5) is 17.3. The van der Waals surface area contributed by atoms with Crippen LogP contribution in [0.5, 0.6) is 0 Å². The molecule has 3 aromatic rings. The first-order chi connectivity index (χ1) is 17.9. The Bertz CT molecular complexity index is 1420. The molecule has 1 aromatic carbocycles. The number of nitrogens with zero attached hydrogens (tertiary/aromatic N) is 6. The quantitative estimate of drug-likeness (QED) is 0.347. The lowest BCUT2D eigenvalue weighted by molar-refractivity contribution is -0.220. The molecule has 3 fully saturated rings. The molecule has 3 aliphatic carbocycles. The zero-order valence-corrected chi connectivity index (χ0v) is 21.2. The number of hydrazone groups is 1. The molecule has 4 aliphatic rings. The van der Waals surface area contributed by atoms with Crippen LogP contribution in [0, 0.1) is 34.9 Å². The van der Waals surface area contributed by atoms with Gasteiger partial charge in [0.25, 0.3) is 0 Å². The van der Waals surface area contributed by atoms with E-state index < -0.39 is 0 Å². The van der Waals surface area contributed by atoms with Crippen molar-refractivity contribution in [1.29, 1.82) is 5.26 Å². The van der Waals surface area contributed by atoms with Crippen molar-refractivity contribution >= 4 is 23.0 Å². The van der Waals surface area contributed by atoms with Crippen LogP contribution in [0.4, 0.5) is 4.39 Å². The summed E-state index contributed by atoms with van der Waals surface area (Å²) >= 11 is 0. The molecule has 3 saturated carbocycles. The fraction of sp³-hybridized carbons (Fsp3) is 0.483. The summed E-state index contributed by atoms with van der Waals surface area (Å²) in [5.74, 6) is -0.287. The SMILES string of the molecule is Cc1c2cc(C#N)ccc2nn1CCCCCCC12CC(C(=O)N3N=CCC3c3cncc(F)c3)(C1)C2. The number of unbranched alkanes of at least 4 members (excludes halogenated alkanes) is 3. The molecular weight excluding hydrogens is 467 g/mol. The van der Waals surface area contributed by atoms with Gasteiger partial charge < -0.3 is 0 Å². The number of hydrogen-bond acceptors (Lipinski definition) is 5. The van der Waals surface area contributed by atoms with Crippen molar-refractivity contribution < 1.29 is 9.18 Å². The zero-order chi connectivity index (χ0) is 25.6. The maximum atomic E-state index is 13.7. The first kappa shape index (κ1) is 23.8. The third-order valence-electron chi connectivity index (χ3n) is 8.70. The molecule has 1 unspecified atom stereocenters. The van der Waals surface area contributed by atoms with Crippen LogP contribution in [0.3, 0.4) is 0 Å². The van der Waals surface area contributed by atoms with Gasteiger partial charge in [-0.2, -0.15) is 15.5 Å². The van der Waals surface area contributed by atoms with Gasteiger partial charge in [0.05, 0.1) is 34.8 Å². The first-order valence-corrected chi connectivity index (χ1v) is 13.3. The summed E-state index contributed by atoms with van der Waals surface area (Å²) in [5.41, 5.74) is 3.52. The molecule has 2 aromatic heterocycles. The number of halogens is 1. The number of nitriles is 1. The molecule has 1 aliphatic heterocycles. The van der Waals surface area contributed by atoms with E-state index in [1.807, 2.05) is 18.2 Å². The largest absolute Gasteiger partial charge is 0.272 e. The van der Waals surface area contributed by atoms with Crippen molar-refractivity contribution in [2.45, 2.75) is 77.3 Å². The van der Waals surface area contributed by atoms with Crippen LogP contribution in [0.1, 0.15) is 80.7 Å². The predicted molar refractivity (Wildman–Crippen MR) is 138 cm³/mol. The number of fused-ring (bicyclic) bond motifs is 1. The number of aryl methyl sites for hydroxylation is 2. The molecule has 0 spiro atoms. The molecule has 1 atom stereocenters. The smallest absolute Gasteiger partial charge is 0.249 e. The van der Waals surface area contributed by atoms with E-state index in [1.54, 1.807) is 17.4 Å². The Morgan fingerprint density at radius 2 is 1.97 bits per heavy atom. The summed E-state index contributed by atoms with van der Waals surface area (Å²) in [6, 6.07) is 9.08. The highest BCUT2D eigenvalue weighted by molar-refractivity contribution is 5.88. The Kier molecular flexibility index (Phi) is 5.82. The van der Waals surface area contributed by atoms with Crippen molar-refractivity contribution in [2.24, 2.45) is 15.9 Å². The van der Waals surface area contributed by atoms with E-state index in [4.69, 9.17) is 10.4 Å². The average Bonchev–Trinajstić information content (AvgIpc) is 3.46. The van der Waals surface area contributed by atoms with Crippen LogP contribution >= 0.6 is 0 Å². The summed E-state index contributed by atoms with van der Waals surface area (Å²) in [7, 11) is 0. The van der Waals surface area contributed by atoms with E-state index >= 15 is 0 Å². The predicted octanol–water partition coefficient (Wildman–Crippen LogP) is 5.83. The highest BCUT2D eigenvalue weighted by atomic mass is 19.1. The minimum Gasteiger partial charge on any atom is -0.272 e. The van der Waals surface area contributed by atoms with Gasteiger partial charge in [0.2, 0.25) is 5.91 Å². The molecule has 37 heavy (non-hydrogen) atoms. The monoisotopic (exact) mass is 498 g/mol. The van der Waals surface area contributed by atoms with Gasteiger partial charge in [0.15, 0.2) is 0 Å². The normalized spacial score (nSPS) is 25.6. The van der Waals surface area contributed by atoms with Crippen molar-refractivity contribution in [3.63, 3.8) is 0 Å². The van der Waals surface area contributed by atoms with Crippen molar-refractivity contribution in [3.8, 4) is 6.07 Å². The third-order valence-corrected chi connectivity index (χ3v) is 8.70. The van der Waals surface area contributed by atoms with Gasteiger partial charge in [-0.05, 0) is 74.3 Å². The van der Waals surface area contributed by atoms with Crippen LogP contribution in [-0.2, 0) is 11.3 Å². The van der Waals surface area contributed by atoms with Gasteiger partial charge in [-0.1, -0.05) is 19.3 Å². The second-order valence-corrected chi connectivity index (χ2v) is 11.3.